The summed E-state index contributed by atoms with van der Waals surface area (Å²) < 4.78 is 21.8. The fraction of sp³-hybridized carbons (Fsp3) is 0.263. The molecule has 0 spiro atoms. The van der Waals surface area contributed by atoms with E-state index in [2.05, 4.69) is 0 Å². The molecule has 5 nitrogen and oxygen atoms in total. The molecule has 3 rings (SSSR count). The first-order valence-electron chi connectivity index (χ1n) is 7.59. The van der Waals surface area contributed by atoms with Gasteiger partial charge in [-0.15, -0.1) is 0 Å². The van der Waals surface area contributed by atoms with Crippen molar-refractivity contribution in [1.29, 1.82) is 0 Å². The highest BCUT2D eigenvalue weighted by atomic mass is 16.5. The quantitative estimate of drug-likeness (QED) is 0.912. The first-order valence-corrected chi connectivity index (χ1v) is 7.59. The standard InChI is InChI=1S/C19H20O5/c1-21-16-9-8-14(18(22-2)19(16)23-3)15(20)10-17-13-7-5-4-6-12(13)11-24-17/h4-10,15,20H,11H2,1-3H3/b17-10+. The molecule has 2 aromatic carbocycles. The van der Waals surface area contributed by atoms with E-state index in [9.17, 15) is 5.11 Å². The van der Waals surface area contributed by atoms with Gasteiger partial charge in [0.15, 0.2) is 11.5 Å². The van der Waals surface area contributed by atoms with Crippen LogP contribution in [-0.4, -0.2) is 26.4 Å². The van der Waals surface area contributed by atoms with Crippen LogP contribution in [0.4, 0.5) is 0 Å². The molecular formula is C19H20O5. The van der Waals surface area contributed by atoms with Crippen molar-refractivity contribution in [3.8, 4) is 17.2 Å². The summed E-state index contributed by atoms with van der Waals surface area (Å²) >= 11 is 0. The number of fused-ring (bicyclic) bond motifs is 1. The molecule has 5 heteroatoms. The highest BCUT2D eigenvalue weighted by Crippen LogP contribution is 2.43. The summed E-state index contributed by atoms with van der Waals surface area (Å²) in [5.74, 6) is 2.09. The Morgan fingerprint density at radius 3 is 2.46 bits per heavy atom. The average molecular weight is 328 g/mol. The molecule has 0 amide bonds. The molecule has 0 aliphatic carbocycles. The number of aliphatic hydroxyl groups is 1. The van der Waals surface area contributed by atoms with Crippen LogP contribution in [-0.2, 0) is 11.3 Å². The van der Waals surface area contributed by atoms with Crippen LogP contribution in [0.25, 0.3) is 5.76 Å². The third-order valence-corrected chi connectivity index (χ3v) is 4.03. The predicted octanol–water partition coefficient (Wildman–Crippen LogP) is 3.32. The van der Waals surface area contributed by atoms with E-state index >= 15 is 0 Å². The number of ether oxygens (including phenoxy) is 4. The van der Waals surface area contributed by atoms with Gasteiger partial charge in [-0.3, -0.25) is 0 Å². The Labute approximate surface area is 141 Å². The number of methoxy groups -OCH3 is 3. The van der Waals surface area contributed by atoms with Gasteiger partial charge in [-0.05, 0) is 18.2 Å². The maximum atomic E-state index is 10.7. The van der Waals surface area contributed by atoms with Crippen LogP contribution in [0.15, 0.2) is 42.5 Å². The highest BCUT2D eigenvalue weighted by Gasteiger charge is 2.23. The second-order valence-electron chi connectivity index (χ2n) is 5.35. The summed E-state index contributed by atoms with van der Waals surface area (Å²) in [6.45, 7) is 0.512. The van der Waals surface area contributed by atoms with Crippen molar-refractivity contribution in [3.05, 3.63) is 59.2 Å². The zero-order valence-corrected chi connectivity index (χ0v) is 13.9. The summed E-state index contributed by atoms with van der Waals surface area (Å²) in [4.78, 5) is 0. The van der Waals surface area contributed by atoms with Gasteiger partial charge in [0.05, 0.1) is 21.3 Å². The maximum Gasteiger partial charge on any atom is 0.203 e. The van der Waals surface area contributed by atoms with E-state index in [0.29, 0.717) is 35.2 Å². The van der Waals surface area contributed by atoms with Crippen molar-refractivity contribution >= 4 is 5.76 Å². The molecule has 1 aliphatic heterocycles. The predicted molar refractivity (Wildman–Crippen MR) is 90.3 cm³/mol. The third kappa shape index (κ3) is 2.78. The Kier molecular flexibility index (Phi) is 4.62. The van der Waals surface area contributed by atoms with Crippen LogP contribution in [0, 0.1) is 0 Å². The minimum atomic E-state index is -0.902. The topological polar surface area (TPSA) is 57.2 Å². The lowest BCUT2D eigenvalue weighted by Crippen LogP contribution is -2.02. The van der Waals surface area contributed by atoms with Gasteiger partial charge >= 0.3 is 0 Å². The first kappa shape index (κ1) is 16.2. The Bertz CT molecular complexity index is 766. The van der Waals surface area contributed by atoms with Crippen molar-refractivity contribution in [3.63, 3.8) is 0 Å². The highest BCUT2D eigenvalue weighted by molar-refractivity contribution is 5.67. The molecule has 1 N–H and O–H groups in total. The molecule has 0 radical (unpaired) electrons. The fourth-order valence-corrected chi connectivity index (χ4v) is 2.85. The smallest absolute Gasteiger partial charge is 0.203 e. The monoisotopic (exact) mass is 328 g/mol. The molecule has 24 heavy (non-hydrogen) atoms. The van der Waals surface area contributed by atoms with Crippen LogP contribution < -0.4 is 14.2 Å². The summed E-state index contributed by atoms with van der Waals surface area (Å²) in [7, 11) is 4.62. The zero-order valence-electron chi connectivity index (χ0n) is 13.9. The molecule has 126 valence electrons. The molecule has 1 atom stereocenters. The molecule has 2 aromatic rings. The van der Waals surface area contributed by atoms with Crippen LogP contribution in [0.3, 0.4) is 0 Å². The van der Waals surface area contributed by atoms with Gasteiger partial charge in [-0.25, -0.2) is 0 Å². The van der Waals surface area contributed by atoms with Crippen molar-refractivity contribution in [1.82, 2.24) is 0 Å². The van der Waals surface area contributed by atoms with E-state index in [-0.39, 0.29) is 0 Å². The van der Waals surface area contributed by atoms with E-state index in [4.69, 9.17) is 18.9 Å². The van der Waals surface area contributed by atoms with Crippen LogP contribution in [0.2, 0.25) is 0 Å². The minimum absolute atomic E-state index is 0.437. The van der Waals surface area contributed by atoms with Crippen LogP contribution in [0.1, 0.15) is 22.8 Å². The van der Waals surface area contributed by atoms with Gasteiger partial charge in [0.2, 0.25) is 5.75 Å². The lowest BCUT2D eigenvalue weighted by molar-refractivity contribution is 0.213. The van der Waals surface area contributed by atoms with Gasteiger partial charge < -0.3 is 24.1 Å². The van der Waals surface area contributed by atoms with Crippen molar-refractivity contribution in [2.75, 3.05) is 21.3 Å². The first-order chi connectivity index (χ1) is 11.7. The molecule has 1 unspecified atom stereocenters. The molecule has 0 bridgehead atoms. The van der Waals surface area contributed by atoms with Gasteiger partial charge in [-0.1, -0.05) is 24.3 Å². The second-order valence-corrected chi connectivity index (χ2v) is 5.35. The fourth-order valence-electron chi connectivity index (χ4n) is 2.85. The molecule has 0 saturated carbocycles. The third-order valence-electron chi connectivity index (χ3n) is 4.03. The number of hydrogen-bond acceptors (Lipinski definition) is 5. The summed E-state index contributed by atoms with van der Waals surface area (Å²) in [5, 5.41) is 10.7. The molecule has 1 aliphatic rings. The van der Waals surface area contributed by atoms with Gasteiger partial charge in [0, 0.05) is 16.7 Å². The Balaban J connectivity index is 1.99. The van der Waals surface area contributed by atoms with E-state index in [0.717, 1.165) is 11.1 Å². The van der Waals surface area contributed by atoms with Crippen molar-refractivity contribution < 1.29 is 24.1 Å². The molecular weight excluding hydrogens is 308 g/mol. The number of benzene rings is 2. The largest absolute Gasteiger partial charge is 0.493 e. The summed E-state index contributed by atoms with van der Waals surface area (Å²) in [6, 6.07) is 11.4. The molecule has 0 saturated heterocycles. The lowest BCUT2D eigenvalue weighted by Gasteiger charge is -2.17. The number of hydrogen-bond donors (Lipinski definition) is 1. The molecule has 0 fully saturated rings. The lowest BCUT2D eigenvalue weighted by atomic mass is 10.0. The molecule has 1 heterocycles. The summed E-state index contributed by atoms with van der Waals surface area (Å²) in [6.07, 6.45) is 0.774. The van der Waals surface area contributed by atoms with Crippen LogP contribution in [0.5, 0.6) is 17.2 Å². The van der Waals surface area contributed by atoms with E-state index in [1.165, 1.54) is 14.2 Å². The van der Waals surface area contributed by atoms with Gasteiger partial charge in [-0.2, -0.15) is 0 Å². The molecule has 0 aromatic heterocycles. The summed E-state index contributed by atoms with van der Waals surface area (Å²) in [5.41, 5.74) is 2.68. The Morgan fingerprint density at radius 2 is 1.75 bits per heavy atom. The second kappa shape index (κ2) is 6.84. The van der Waals surface area contributed by atoms with Crippen LogP contribution >= 0.6 is 0 Å². The SMILES string of the molecule is COc1ccc(C(O)/C=C2/OCc3ccccc32)c(OC)c1OC. The normalized spacial score (nSPS) is 15.6. The Morgan fingerprint density at radius 1 is 1.00 bits per heavy atom. The van der Waals surface area contributed by atoms with Gasteiger partial charge in [0.25, 0.3) is 0 Å². The van der Waals surface area contributed by atoms with Crippen molar-refractivity contribution in [2.45, 2.75) is 12.7 Å². The maximum absolute atomic E-state index is 10.7. The number of rotatable bonds is 5. The number of aliphatic hydroxyl groups excluding tert-OH is 1. The van der Waals surface area contributed by atoms with E-state index in [1.807, 2.05) is 24.3 Å². The van der Waals surface area contributed by atoms with Crippen molar-refractivity contribution in [2.24, 2.45) is 0 Å². The van der Waals surface area contributed by atoms with Gasteiger partial charge in [0.1, 0.15) is 18.5 Å². The Hall–Kier alpha value is -2.66. The minimum Gasteiger partial charge on any atom is -0.493 e. The van der Waals surface area contributed by atoms with E-state index < -0.39 is 6.10 Å². The zero-order chi connectivity index (χ0) is 17.1. The van der Waals surface area contributed by atoms with E-state index in [1.54, 1.807) is 25.3 Å². The average Bonchev–Trinajstić information content (AvgIpc) is 3.03.